The molecule has 8 nitrogen and oxygen atoms in total. The summed E-state index contributed by atoms with van der Waals surface area (Å²) in [5.74, 6) is -0.502. The highest BCUT2D eigenvalue weighted by atomic mass is 32.2. The SMILES string of the molecule is Cc1ccc(-c2nc(CS(=O)(=O)CC(=O)NCCCN3CCN(C)CC3)c(C)o2)cc1. The standard InChI is InChI=1S/C22H32N4O4S/c1-17-5-7-19(8-6-17)22-24-20(18(2)30-22)15-31(28,29)16-21(27)23-9-4-10-26-13-11-25(3)12-14-26/h5-8H,4,9-16H2,1-3H3,(H,23,27). The molecule has 1 fully saturated rings. The Kier molecular flexibility index (Phi) is 7.85. The Labute approximate surface area is 184 Å². The van der Waals surface area contributed by atoms with Crippen LogP contribution in [0.1, 0.15) is 23.4 Å². The molecular formula is C22H32N4O4S. The van der Waals surface area contributed by atoms with E-state index in [2.05, 4.69) is 27.1 Å². The first-order valence-corrected chi connectivity index (χ1v) is 12.5. The van der Waals surface area contributed by atoms with Crippen molar-refractivity contribution < 1.29 is 17.6 Å². The van der Waals surface area contributed by atoms with E-state index in [0.717, 1.165) is 50.3 Å². The molecule has 1 N–H and O–H groups in total. The topological polar surface area (TPSA) is 95.7 Å². The van der Waals surface area contributed by atoms with E-state index in [1.54, 1.807) is 6.92 Å². The van der Waals surface area contributed by atoms with Gasteiger partial charge in [-0.05, 0) is 46.0 Å². The summed E-state index contributed by atoms with van der Waals surface area (Å²) in [7, 11) is -1.53. The van der Waals surface area contributed by atoms with E-state index >= 15 is 0 Å². The second-order valence-electron chi connectivity index (χ2n) is 8.27. The molecule has 1 amide bonds. The van der Waals surface area contributed by atoms with Gasteiger partial charge >= 0.3 is 0 Å². The van der Waals surface area contributed by atoms with Gasteiger partial charge in [0.1, 0.15) is 11.5 Å². The fourth-order valence-corrected chi connectivity index (χ4v) is 4.78. The van der Waals surface area contributed by atoms with Gasteiger partial charge in [-0.2, -0.15) is 0 Å². The molecule has 0 unspecified atom stereocenters. The van der Waals surface area contributed by atoms with Gasteiger partial charge in [0.2, 0.25) is 11.8 Å². The van der Waals surface area contributed by atoms with E-state index in [1.165, 1.54) is 0 Å². The molecule has 0 radical (unpaired) electrons. The molecule has 9 heteroatoms. The number of amides is 1. The molecule has 0 atom stereocenters. The Balaban J connectivity index is 1.46. The van der Waals surface area contributed by atoms with E-state index in [0.29, 0.717) is 23.9 Å². The molecule has 1 aromatic heterocycles. The minimum Gasteiger partial charge on any atom is -0.441 e. The van der Waals surface area contributed by atoms with Crippen LogP contribution in [0.15, 0.2) is 28.7 Å². The third-order valence-corrected chi connectivity index (χ3v) is 6.88. The maximum Gasteiger partial charge on any atom is 0.235 e. The number of hydrogen-bond donors (Lipinski definition) is 1. The molecule has 3 rings (SSSR count). The van der Waals surface area contributed by atoms with Crippen molar-refractivity contribution in [1.29, 1.82) is 0 Å². The van der Waals surface area contributed by atoms with E-state index < -0.39 is 21.5 Å². The van der Waals surface area contributed by atoms with Gasteiger partial charge in [0.15, 0.2) is 9.84 Å². The molecule has 0 saturated carbocycles. The van der Waals surface area contributed by atoms with Crippen LogP contribution in [-0.4, -0.2) is 81.2 Å². The van der Waals surface area contributed by atoms with Crippen molar-refractivity contribution in [2.24, 2.45) is 0 Å². The summed E-state index contributed by atoms with van der Waals surface area (Å²) in [6.45, 7) is 9.21. The van der Waals surface area contributed by atoms with E-state index in [4.69, 9.17) is 4.42 Å². The number of carbonyl (C=O) groups is 1. The third-order valence-electron chi connectivity index (χ3n) is 5.47. The molecule has 1 aliphatic rings. The molecule has 1 aromatic carbocycles. The summed E-state index contributed by atoms with van der Waals surface area (Å²) in [5.41, 5.74) is 2.25. The quantitative estimate of drug-likeness (QED) is 0.583. The highest BCUT2D eigenvalue weighted by molar-refractivity contribution is 7.91. The molecule has 31 heavy (non-hydrogen) atoms. The number of hydrogen-bond acceptors (Lipinski definition) is 7. The predicted molar refractivity (Wildman–Crippen MR) is 120 cm³/mol. The maximum absolute atomic E-state index is 12.5. The number of oxazole rings is 1. The lowest BCUT2D eigenvalue weighted by molar-refractivity contribution is -0.118. The highest BCUT2D eigenvalue weighted by Gasteiger charge is 2.22. The zero-order valence-corrected chi connectivity index (χ0v) is 19.4. The van der Waals surface area contributed by atoms with Crippen molar-refractivity contribution in [3.05, 3.63) is 41.3 Å². The van der Waals surface area contributed by atoms with Gasteiger partial charge in [0.25, 0.3) is 0 Å². The highest BCUT2D eigenvalue weighted by Crippen LogP contribution is 2.23. The van der Waals surface area contributed by atoms with Gasteiger partial charge in [-0.15, -0.1) is 0 Å². The van der Waals surface area contributed by atoms with Gasteiger partial charge in [-0.25, -0.2) is 13.4 Å². The minimum absolute atomic E-state index is 0.317. The number of carbonyl (C=O) groups excluding carboxylic acids is 1. The second kappa shape index (κ2) is 10.4. The number of aromatic nitrogens is 1. The summed E-state index contributed by atoms with van der Waals surface area (Å²) in [6.07, 6.45) is 0.803. The molecular weight excluding hydrogens is 416 g/mol. The molecule has 2 heterocycles. The third kappa shape index (κ3) is 7.15. The number of rotatable bonds is 9. The normalized spacial score (nSPS) is 15.8. The largest absolute Gasteiger partial charge is 0.441 e. The monoisotopic (exact) mass is 448 g/mol. The van der Waals surface area contributed by atoms with Crippen molar-refractivity contribution in [2.45, 2.75) is 26.0 Å². The summed E-state index contributed by atoms with van der Waals surface area (Å²) in [6, 6.07) is 7.65. The zero-order valence-electron chi connectivity index (χ0n) is 18.6. The van der Waals surface area contributed by atoms with Crippen molar-refractivity contribution >= 4 is 15.7 Å². The smallest absolute Gasteiger partial charge is 0.235 e. The molecule has 1 saturated heterocycles. The lowest BCUT2D eigenvalue weighted by Crippen LogP contribution is -2.45. The number of piperazine rings is 1. The summed E-state index contributed by atoms with van der Waals surface area (Å²) < 4.78 is 30.7. The van der Waals surface area contributed by atoms with Crippen LogP contribution in [0.3, 0.4) is 0 Å². The van der Waals surface area contributed by atoms with Crippen LogP contribution < -0.4 is 5.32 Å². The number of nitrogens with zero attached hydrogens (tertiary/aromatic N) is 3. The Morgan fingerprint density at radius 1 is 1.13 bits per heavy atom. The number of nitrogens with one attached hydrogen (secondary N) is 1. The van der Waals surface area contributed by atoms with Crippen molar-refractivity contribution in [3.8, 4) is 11.5 Å². The van der Waals surface area contributed by atoms with Crippen molar-refractivity contribution in [1.82, 2.24) is 20.1 Å². The van der Waals surface area contributed by atoms with Crippen LogP contribution in [-0.2, 0) is 20.4 Å². The Morgan fingerprint density at radius 2 is 1.81 bits per heavy atom. The van der Waals surface area contributed by atoms with Gasteiger partial charge in [-0.3, -0.25) is 4.79 Å². The average Bonchev–Trinajstić information content (AvgIpc) is 3.06. The lowest BCUT2D eigenvalue weighted by atomic mass is 10.1. The number of sulfone groups is 1. The van der Waals surface area contributed by atoms with Gasteiger partial charge in [0, 0.05) is 38.3 Å². The number of aryl methyl sites for hydroxylation is 2. The first-order valence-electron chi connectivity index (χ1n) is 10.6. The first kappa shape index (κ1) is 23.4. The van der Waals surface area contributed by atoms with Crippen LogP contribution >= 0.6 is 0 Å². The van der Waals surface area contributed by atoms with Crippen LogP contribution in [0.5, 0.6) is 0 Å². The number of benzene rings is 1. The molecule has 0 bridgehead atoms. The fourth-order valence-electron chi connectivity index (χ4n) is 3.49. The second-order valence-corrected chi connectivity index (χ2v) is 10.3. The van der Waals surface area contributed by atoms with Gasteiger partial charge in [0.05, 0.1) is 11.4 Å². The Morgan fingerprint density at radius 3 is 2.48 bits per heavy atom. The fraction of sp³-hybridized carbons (Fsp3) is 0.545. The van der Waals surface area contributed by atoms with Crippen LogP contribution in [0.2, 0.25) is 0 Å². The summed E-state index contributed by atoms with van der Waals surface area (Å²) >= 11 is 0. The predicted octanol–water partition coefficient (Wildman–Crippen LogP) is 1.63. The van der Waals surface area contributed by atoms with E-state index in [1.807, 2.05) is 31.2 Å². The van der Waals surface area contributed by atoms with Crippen LogP contribution in [0.25, 0.3) is 11.5 Å². The molecule has 0 spiro atoms. The zero-order chi connectivity index (χ0) is 22.4. The molecule has 1 aliphatic heterocycles. The van der Waals surface area contributed by atoms with Gasteiger partial charge < -0.3 is 19.5 Å². The lowest BCUT2D eigenvalue weighted by Gasteiger charge is -2.32. The maximum atomic E-state index is 12.5. The molecule has 0 aliphatic carbocycles. The van der Waals surface area contributed by atoms with E-state index in [9.17, 15) is 13.2 Å². The van der Waals surface area contributed by atoms with Gasteiger partial charge in [-0.1, -0.05) is 17.7 Å². The minimum atomic E-state index is -3.65. The van der Waals surface area contributed by atoms with Crippen molar-refractivity contribution in [3.63, 3.8) is 0 Å². The first-order chi connectivity index (χ1) is 14.7. The molecule has 170 valence electrons. The van der Waals surface area contributed by atoms with Crippen LogP contribution in [0, 0.1) is 13.8 Å². The summed E-state index contributed by atoms with van der Waals surface area (Å²) in [4.78, 5) is 21.1. The Hall–Kier alpha value is -2.23. The Bertz CT molecular complexity index is 977. The average molecular weight is 449 g/mol. The van der Waals surface area contributed by atoms with Crippen molar-refractivity contribution in [2.75, 3.05) is 52.1 Å². The van der Waals surface area contributed by atoms with E-state index in [-0.39, 0.29) is 5.75 Å². The summed E-state index contributed by atoms with van der Waals surface area (Å²) in [5, 5.41) is 2.72. The number of likely N-dealkylation sites (N-methyl/N-ethyl adjacent to an activating group) is 1. The molecule has 2 aromatic rings. The van der Waals surface area contributed by atoms with Crippen LogP contribution in [0.4, 0.5) is 0 Å².